The Hall–Kier alpha value is -1.39. The van der Waals surface area contributed by atoms with E-state index in [2.05, 4.69) is 29.6 Å². The van der Waals surface area contributed by atoms with Crippen molar-refractivity contribution in [1.82, 2.24) is 5.32 Å². The van der Waals surface area contributed by atoms with Crippen LogP contribution in [-0.2, 0) is 4.79 Å². The van der Waals surface area contributed by atoms with E-state index in [1.165, 1.54) is 12.0 Å². The lowest BCUT2D eigenvalue weighted by Gasteiger charge is -2.07. The highest BCUT2D eigenvalue weighted by molar-refractivity contribution is 5.78. The minimum atomic E-state index is -0.988. The fourth-order valence-electron chi connectivity index (χ4n) is 2.38. The fraction of sp³-hybridized carbons (Fsp3) is 0.533. The van der Waals surface area contributed by atoms with Crippen LogP contribution in [0.4, 0.5) is 0 Å². The molecule has 104 valence electrons. The van der Waals surface area contributed by atoms with Crippen LogP contribution in [0.3, 0.4) is 0 Å². The van der Waals surface area contributed by atoms with E-state index in [0.717, 1.165) is 19.4 Å². The van der Waals surface area contributed by atoms with Gasteiger partial charge in [0.1, 0.15) is 6.10 Å². The van der Waals surface area contributed by atoms with Gasteiger partial charge < -0.3 is 16.2 Å². The summed E-state index contributed by atoms with van der Waals surface area (Å²) in [4.78, 5) is 10.6. The maximum Gasteiger partial charge on any atom is 0.246 e. The SMILES string of the molecule is NC(=O)C(O)CCCCNC1CC1c1ccccc1. The molecular formula is C15H22N2O2. The molecule has 1 aromatic rings. The summed E-state index contributed by atoms with van der Waals surface area (Å²) in [5, 5.41) is 12.8. The number of unbranched alkanes of at least 4 members (excludes halogenated alkanes) is 1. The van der Waals surface area contributed by atoms with E-state index in [4.69, 9.17) is 5.73 Å². The van der Waals surface area contributed by atoms with Gasteiger partial charge in [0.25, 0.3) is 0 Å². The molecule has 1 fully saturated rings. The number of hydrogen-bond donors (Lipinski definition) is 3. The number of aliphatic hydroxyl groups is 1. The molecule has 1 saturated carbocycles. The van der Waals surface area contributed by atoms with Gasteiger partial charge in [-0.05, 0) is 37.8 Å². The van der Waals surface area contributed by atoms with Crippen molar-refractivity contribution in [1.29, 1.82) is 0 Å². The van der Waals surface area contributed by atoms with Gasteiger partial charge in [-0.2, -0.15) is 0 Å². The van der Waals surface area contributed by atoms with Gasteiger partial charge in [-0.25, -0.2) is 0 Å². The first-order chi connectivity index (χ1) is 9.18. The molecule has 1 aliphatic rings. The minimum absolute atomic E-state index is 0.462. The summed E-state index contributed by atoms with van der Waals surface area (Å²) in [6, 6.07) is 11.1. The molecule has 2 rings (SSSR count). The first-order valence-electron chi connectivity index (χ1n) is 6.94. The predicted molar refractivity (Wildman–Crippen MR) is 74.6 cm³/mol. The van der Waals surface area contributed by atoms with Crippen molar-refractivity contribution in [3.8, 4) is 0 Å². The number of rotatable bonds is 8. The Morgan fingerprint density at radius 1 is 1.37 bits per heavy atom. The third kappa shape index (κ3) is 4.33. The molecule has 4 N–H and O–H groups in total. The predicted octanol–water partition coefficient (Wildman–Crippen LogP) is 1.15. The van der Waals surface area contributed by atoms with Gasteiger partial charge in [0.2, 0.25) is 5.91 Å². The smallest absolute Gasteiger partial charge is 0.246 e. The second-order valence-electron chi connectivity index (χ2n) is 5.23. The summed E-state index contributed by atoms with van der Waals surface area (Å²) >= 11 is 0. The lowest BCUT2D eigenvalue weighted by molar-refractivity contribution is -0.126. The zero-order valence-corrected chi connectivity index (χ0v) is 11.1. The van der Waals surface area contributed by atoms with Crippen LogP contribution in [0.1, 0.15) is 37.2 Å². The maximum absolute atomic E-state index is 10.6. The molecular weight excluding hydrogens is 240 g/mol. The molecule has 1 amide bonds. The van der Waals surface area contributed by atoms with Crippen molar-refractivity contribution < 1.29 is 9.90 Å². The molecule has 1 aromatic carbocycles. The Morgan fingerprint density at radius 3 is 2.79 bits per heavy atom. The van der Waals surface area contributed by atoms with E-state index in [1.54, 1.807) is 0 Å². The zero-order chi connectivity index (χ0) is 13.7. The molecule has 0 aliphatic heterocycles. The summed E-state index contributed by atoms with van der Waals surface area (Å²) in [5.74, 6) is 0.0247. The van der Waals surface area contributed by atoms with Crippen LogP contribution in [0, 0.1) is 0 Å². The molecule has 0 radical (unpaired) electrons. The zero-order valence-electron chi connectivity index (χ0n) is 11.1. The Morgan fingerprint density at radius 2 is 2.11 bits per heavy atom. The monoisotopic (exact) mass is 262 g/mol. The van der Waals surface area contributed by atoms with Crippen LogP contribution in [0.15, 0.2) is 30.3 Å². The van der Waals surface area contributed by atoms with Gasteiger partial charge >= 0.3 is 0 Å². The number of aliphatic hydroxyl groups excluding tert-OH is 1. The van der Waals surface area contributed by atoms with Crippen molar-refractivity contribution in [2.45, 2.75) is 43.7 Å². The number of nitrogens with one attached hydrogen (secondary N) is 1. The lowest BCUT2D eigenvalue weighted by atomic mass is 10.1. The lowest BCUT2D eigenvalue weighted by Crippen LogP contribution is -2.28. The molecule has 3 atom stereocenters. The van der Waals surface area contributed by atoms with E-state index in [1.807, 2.05) is 6.07 Å². The number of amides is 1. The summed E-state index contributed by atoms with van der Waals surface area (Å²) < 4.78 is 0. The fourth-order valence-corrected chi connectivity index (χ4v) is 2.38. The molecule has 4 heteroatoms. The van der Waals surface area contributed by atoms with Crippen LogP contribution >= 0.6 is 0 Å². The molecule has 4 nitrogen and oxygen atoms in total. The standard InChI is InChI=1S/C15H22N2O2/c16-15(19)14(18)8-4-5-9-17-13-10-12(13)11-6-2-1-3-7-11/h1-3,6-7,12-14,17-18H,4-5,8-10H2,(H2,16,19). The molecule has 0 spiro atoms. The first kappa shape index (κ1) is 14.0. The van der Waals surface area contributed by atoms with Gasteiger partial charge in [-0.15, -0.1) is 0 Å². The summed E-state index contributed by atoms with van der Waals surface area (Å²) in [7, 11) is 0. The molecule has 19 heavy (non-hydrogen) atoms. The van der Waals surface area contributed by atoms with Crippen molar-refractivity contribution >= 4 is 5.91 Å². The van der Waals surface area contributed by atoms with Crippen molar-refractivity contribution in [3.05, 3.63) is 35.9 Å². The molecule has 3 unspecified atom stereocenters. The van der Waals surface area contributed by atoms with Crippen LogP contribution < -0.4 is 11.1 Å². The minimum Gasteiger partial charge on any atom is -0.383 e. The number of carbonyl (C=O) groups excluding carboxylic acids is 1. The Labute approximate surface area is 114 Å². The van der Waals surface area contributed by atoms with Gasteiger partial charge in [0, 0.05) is 12.0 Å². The number of hydrogen-bond acceptors (Lipinski definition) is 3. The summed E-state index contributed by atoms with van der Waals surface area (Å²) in [5.41, 5.74) is 6.39. The maximum atomic E-state index is 10.6. The van der Waals surface area contributed by atoms with Crippen LogP contribution in [0.5, 0.6) is 0 Å². The average Bonchev–Trinajstić information content (AvgIpc) is 3.18. The van der Waals surface area contributed by atoms with E-state index in [-0.39, 0.29) is 0 Å². The highest BCUT2D eigenvalue weighted by Gasteiger charge is 2.37. The second kappa shape index (κ2) is 6.68. The van der Waals surface area contributed by atoms with Crippen molar-refractivity contribution in [2.75, 3.05) is 6.54 Å². The normalized spacial score (nSPS) is 23.0. The van der Waals surface area contributed by atoms with E-state index < -0.39 is 12.0 Å². The largest absolute Gasteiger partial charge is 0.383 e. The highest BCUT2D eigenvalue weighted by Crippen LogP contribution is 2.40. The van der Waals surface area contributed by atoms with Crippen LogP contribution in [0.25, 0.3) is 0 Å². The van der Waals surface area contributed by atoms with Gasteiger partial charge in [-0.3, -0.25) is 4.79 Å². The van der Waals surface area contributed by atoms with Crippen LogP contribution in [0.2, 0.25) is 0 Å². The van der Waals surface area contributed by atoms with Gasteiger partial charge in [0.15, 0.2) is 0 Å². The third-order valence-electron chi connectivity index (χ3n) is 3.66. The summed E-state index contributed by atoms with van der Waals surface area (Å²) in [6.07, 6.45) is 2.46. The number of nitrogens with two attached hydrogens (primary N) is 1. The Kier molecular flexibility index (Phi) is 4.93. The number of carbonyl (C=O) groups is 1. The van der Waals surface area contributed by atoms with Gasteiger partial charge in [0.05, 0.1) is 0 Å². The van der Waals surface area contributed by atoms with E-state index in [9.17, 15) is 9.90 Å². The third-order valence-corrected chi connectivity index (χ3v) is 3.66. The second-order valence-corrected chi connectivity index (χ2v) is 5.23. The highest BCUT2D eigenvalue weighted by atomic mass is 16.3. The van der Waals surface area contributed by atoms with E-state index in [0.29, 0.717) is 18.4 Å². The van der Waals surface area contributed by atoms with Crippen molar-refractivity contribution in [2.24, 2.45) is 5.73 Å². The average molecular weight is 262 g/mol. The molecule has 1 aliphatic carbocycles. The number of benzene rings is 1. The molecule has 0 aromatic heterocycles. The Balaban J connectivity index is 1.55. The van der Waals surface area contributed by atoms with Crippen LogP contribution in [-0.4, -0.2) is 29.7 Å². The van der Waals surface area contributed by atoms with Crippen molar-refractivity contribution in [3.63, 3.8) is 0 Å². The molecule has 0 heterocycles. The molecule has 0 saturated heterocycles. The van der Waals surface area contributed by atoms with Gasteiger partial charge in [-0.1, -0.05) is 30.3 Å². The quantitative estimate of drug-likeness (QED) is 0.615. The number of primary amides is 1. The Bertz CT molecular complexity index is 408. The first-order valence-corrected chi connectivity index (χ1v) is 6.94. The van der Waals surface area contributed by atoms with E-state index >= 15 is 0 Å². The summed E-state index contributed by atoms with van der Waals surface area (Å²) in [6.45, 7) is 0.930. The topological polar surface area (TPSA) is 75.4 Å². The molecule has 0 bridgehead atoms.